The Morgan fingerprint density at radius 2 is 1.50 bits per heavy atom. The SMILES string of the molecule is CCS(=O)(=O)N[C@@H](CC(Cc1ccccc1)C(=O)O)C(=O)Cc1ccccc1. The van der Waals surface area contributed by atoms with Gasteiger partial charge in [-0.3, -0.25) is 9.59 Å². The standard InChI is InChI=1S/C21H25NO5S/c1-2-28(26,27)22-19(20(23)14-17-11-7-4-8-12-17)15-18(21(24)25)13-16-9-5-3-6-10-16/h3-12,18-19,22H,2,13-15H2,1H3,(H,24,25)/t18?,19-/m0/s1. The number of sulfonamides is 1. The summed E-state index contributed by atoms with van der Waals surface area (Å²) in [5.74, 6) is -2.47. The third kappa shape index (κ3) is 6.90. The molecule has 1 unspecified atom stereocenters. The van der Waals surface area contributed by atoms with Crippen LogP contribution >= 0.6 is 0 Å². The fourth-order valence-electron chi connectivity index (χ4n) is 2.92. The largest absolute Gasteiger partial charge is 0.481 e. The van der Waals surface area contributed by atoms with E-state index in [1.807, 2.05) is 36.4 Å². The molecule has 2 N–H and O–H groups in total. The number of carboxylic acid groups (broad SMARTS) is 1. The molecular formula is C21H25NO5S. The van der Waals surface area contributed by atoms with Crippen LogP contribution in [0.1, 0.15) is 24.5 Å². The van der Waals surface area contributed by atoms with Crippen molar-refractivity contribution in [2.24, 2.45) is 5.92 Å². The van der Waals surface area contributed by atoms with Gasteiger partial charge in [0, 0.05) is 6.42 Å². The number of carboxylic acids is 1. The van der Waals surface area contributed by atoms with Gasteiger partial charge in [-0.2, -0.15) is 0 Å². The number of carbonyl (C=O) groups is 2. The fraction of sp³-hybridized carbons (Fsp3) is 0.333. The minimum atomic E-state index is -3.66. The second-order valence-corrected chi connectivity index (χ2v) is 8.71. The van der Waals surface area contributed by atoms with E-state index in [4.69, 9.17) is 0 Å². The molecule has 150 valence electrons. The molecule has 0 aliphatic rings. The van der Waals surface area contributed by atoms with Crippen LogP contribution in [0.4, 0.5) is 0 Å². The van der Waals surface area contributed by atoms with Crippen molar-refractivity contribution in [3.05, 3.63) is 71.8 Å². The summed E-state index contributed by atoms with van der Waals surface area (Å²) in [7, 11) is -3.66. The predicted molar refractivity (Wildman–Crippen MR) is 107 cm³/mol. The van der Waals surface area contributed by atoms with Gasteiger partial charge in [-0.25, -0.2) is 13.1 Å². The minimum Gasteiger partial charge on any atom is -0.481 e. The molecule has 0 saturated carbocycles. The van der Waals surface area contributed by atoms with Gasteiger partial charge in [0.05, 0.1) is 17.7 Å². The maximum atomic E-state index is 12.8. The van der Waals surface area contributed by atoms with Crippen LogP contribution in [0.15, 0.2) is 60.7 Å². The average Bonchev–Trinajstić information content (AvgIpc) is 2.68. The van der Waals surface area contributed by atoms with Gasteiger partial charge in [0.1, 0.15) is 0 Å². The first-order chi connectivity index (χ1) is 13.3. The molecule has 0 aliphatic carbocycles. The number of carbonyl (C=O) groups excluding carboxylic acids is 1. The van der Waals surface area contributed by atoms with Gasteiger partial charge < -0.3 is 5.11 Å². The Kier molecular flexibility index (Phi) is 7.90. The molecule has 2 rings (SSSR count). The normalized spacial score (nSPS) is 13.6. The summed E-state index contributed by atoms with van der Waals surface area (Å²) >= 11 is 0. The van der Waals surface area contributed by atoms with E-state index in [1.165, 1.54) is 6.92 Å². The van der Waals surface area contributed by atoms with Gasteiger partial charge in [0.2, 0.25) is 10.0 Å². The summed E-state index contributed by atoms with van der Waals surface area (Å²) in [6.45, 7) is 1.47. The van der Waals surface area contributed by atoms with Gasteiger partial charge in [-0.15, -0.1) is 0 Å². The molecule has 28 heavy (non-hydrogen) atoms. The van der Waals surface area contributed by atoms with Crippen molar-refractivity contribution in [3.63, 3.8) is 0 Å². The van der Waals surface area contributed by atoms with Crippen molar-refractivity contribution in [2.45, 2.75) is 32.2 Å². The van der Waals surface area contributed by atoms with Crippen molar-refractivity contribution in [2.75, 3.05) is 5.75 Å². The van der Waals surface area contributed by atoms with Crippen molar-refractivity contribution < 1.29 is 23.1 Å². The minimum absolute atomic E-state index is 0.0371. The summed E-state index contributed by atoms with van der Waals surface area (Å²) < 4.78 is 26.5. The molecule has 0 saturated heterocycles. The molecule has 2 aromatic carbocycles. The maximum absolute atomic E-state index is 12.8. The van der Waals surface area contributed by atoms with E-state index in [0.29, 0.717) is 0 Å². The number of benzene rings is 2. The molecule has 0 fully saturated rings. The van der Waals surface area contributed by atoms with Crippen molar-refractivity contribution in [3.8, 4) is 0 Å². The van der Waals surface area contributed by atoms with E-state index in [-0.39, 0.29) is 30.8 Å². The van der Waals surface area contributed by atoms with Crippen LogP contribution in [0.2, 0.25) is 0 Å². The second-order valence-electron chi connectivity index (χ2n) is 6.66. The van der Waals surface area contributed by atoms with Crippen molar-refractivity contribution in [1.29, 1.82) is 0 Å². The summed E-state index contributed by atoms with van der Waals surface area (Å²) in [6.07, 6.45) is 0.156. The Morgan fingerprint density at radius 1 is 0.964 bits per heavy atom. The van der Waals surface area contributed by atoms with E-state index < -0.39 is 28.0 Å². The lowest BCUT2D eigenvalue weighted by Crippen LogP contribution is -2.44. The monoisotopic (exact) mass is 403 g/mol. The number of ketones is 1. The number of rotatable bonds is 11. The number of hydrogen-bond acceptors (Lipinski definition) is 4. The molecule has 6 nitrogen and oxygen atoms in total. The topological polar surface area (TPSA) is 101 Å². The molecule has 0 aliphatic heterocycles. The van der Waals surface area contributed by atoms with Gasteiger partial charge in [-0.1, -0.05) is 60.7 Å². The summed E-state index contributed by atoms with van der Waals surface area (Å²) in [4.78, 5) is 24.6. The highest BCUT2D eigenvalue weighted by Gasteiger charge is 2.30. The van der Waals surface area contributed by atoms with Gasteiger partial charge in [-0.05, 0) is 30.9 Å². The first-order valence-corrected chi connectivity index (χ1v) is 10.8. The molecule has 0 heterocycles. The Labute approximate surface area is 165 Å². The lowest BCUT2D eigenvalue weighted by atomic mass is 9.90. The van der Waals surface area contributed by atoms with Crippen LogP contribution in [0.5, 0.6) is 0 Å². The number of nitrogens with one attached hydrogen (secondary N) is 1. The predicted octanol–water partition coefficient (Wildman–Crippen LogP) is 2.44. The molecular weight excluding hydrogens is 378 g/mol. The highest BCUT2D eigenvalue weighted by molar-refractivity contribution is 7.89. The molecule has 2 aromatic rings. The van der Waals surface area contributed by atoms with Crippen LogP contribution in [-0.2, 0) is 32.5 Å². The van der Waals surface area contributed by atoms with E-state index in [0.717, 1.165) is 11.1 Å². The summed E-state index contributed by atoms with van der Waals surface area (Å²) in [6, 6.07) is 17.0. The molecule has 7 heteroatoms. The zero-order valence-electron chi connectivity index (χ0n) is 15.7. The Morgan fingerprint density at radius 3 is 2.00 bits per heavy atom. The third-order valence-corrected chi connectivity index (χ3v) is 5.91. The number of Topliss-reactive ketones (excluding diaryl/α,β-unsaturated/α-hetero) is 1. The lowest BCUT2D eigenvalue weighted by Gasteiger charge is -2.21. The third-order valence-electron chi connectivity index (χ3n) is 4.51. The first kappa shape index (κ1) is 21.8. The zero-order chi connectivity index (χ0) is 20.6. The lowest BCUT2D eigenvalue weighted by molar-refractivity contribution is -0.142. The molecule has 0 bridgehead atoms. The molecule has 0 radical (unpaired) electrons. The highest BCUT2D eigenvalue weighted by atomic mass is 32.2. The van der Waals surface area contributed by atoms with Gasteiger partial charge >= 0.3 is 5.97 Å². The number of aliphatic carboxylic acids is 1. The van der Waals surface area contributed by atoms with Gasteiger partial charge in [0.15, 0.2) is 5.78 Å². The number of hydrogen-bond donors (Lipinski definition) is 2. The van der Waals surface area contributed by atoms with Crippen LogP contribution in [0.25, 0.3) is 0 Å². The molecule has 0 spiro atoms. The Balaban J connectivity index is 2.20. The molecule has 2 atom stereocenters. The van der Waals surface area contributed by atoms with E-state index in [2.05, 4.69) is 4.72 Å². The molecule has 0 aromatic heterocycles. The van der Waals surface area contributed by atoms with Crippen molar-refractivity contribution in [1.82, 2.24) is 4.72 Å². The quantitative estimate of drug-likeness (QED) is 0.600. The van der Waals surface area contributed by atoms with E-state index in [1.54, 1.807) is 24.3 Å². The maximum Gasteiger partial charge on any atom is 0.306 e. The van der Waals surface area contributed by atoms with Crippen LogP contribution in [0, 0.1) is 5.92 Å². The van der Waals surface area contributed by atoms with E-state index in [9.17, 15) is 23.1 Å². The Bertz CT molecular complexity index is 882. The van der Waals surface area contributed by atoms with Crippen LogP contribution < -0.4 is 4.72 Å². The van der Waals surface area contributed by atoms with E-state index >= 15 is 0 Å². The second kappa shape index (κ2) is 10.1. The summed E-state index contributed by atoms with van der Waals surface area (Å²) in [5.41, 5.74) is 1.57. The first-order valence-electron chi connectivity index (χ1n) is 9.14. The molecule has 0 amide bonds. The van der Waals surface area contributed by atoms with Crippen molar-refractivity contribution >= 4 is 21.8 Å². The van der Waals surface area contributed by atoms with Crippen LogP contribution in [0.3, 0.4) is 0 Å². The average molecular weight is 404 g/mol. The zero-order valence-corrected chi connectivity index (χ0v) is 16.6. The Hall–Kier alpha value is -2.51. The fourth-order valence-corrected chi connectivity index (χ4v) is 3.75. The smallest absolute Gasteiger partial charge is 0.306 e. The van der Waals surface area contributed by atoms with Gasteiger partial charge in [0.25, 0.3) is 0 Å². The summed E-state index contributed by atoms with van der Waals surface area (Å²) in [5, 5.41) is 9.62. The highest BCUT2D eigenvalue weighted by Crippen LogP contribution is 2.17. The van der Waals surface area contributed by atoms with Crippen LogP contribution in [-0.4, -0.2) is 37.1 Å².